The molecule has 8 nitrogen and oxygen atoms in total. The van der Waals surface area contributed by atoms with Crippen LogP contribution >= 0.6 is 0 Å². The number of amides is 1. The molecule has 0 aliphatic heterocycles. The summed E-state index contributed by atoms with van der Waals surface area (Å²) in [6, 6.07) is 1.62. The highest BCUT2D eigenvalue weighted by Gasteiger charge is 2.08. The van der Waals surface area contributed by atoms with E-state index >= 15 is 0 Å². The minimum atomic E-state index is -0.291. The standard InChI is InChI=1S/C8H10N6O2/c1-5-2-7(16-13-5)11-6(15)3-14-4-10-8(9)12-14/h2,4H,3H2,1H3,(H2,9,12)(H,11,15). The van der Waals surface area contributed by atoms with Crippen molar-refractivity contribution in [1.29, 1.82) is 0 Å². The lowest BCUT2D eigenvalue weighted by Gasteiger charge is -1.99. The molecule has 0 spiro atoms. The Bertz CT molecular complexity index is 458. The first-order valence-corrected chi connectivity index (χ1v) is 4.51. The van der Waals surface area contributed by atoms with Crippen LogP contribution in [0, 0.1) is 6.92 Å². The zero-order chi connectivity index (χ0) is 11.5. The summed E-state index contributed by atoms with van der Waals surface area (Å²) < 4.78 is 6.15. The third-order valence-electron chi connectivity index (χ3n) is 1.75. The van der Waals surface area contributed by atoms with Gasteiger partial charge in [0.25, 0.3) is 0 Å². The van der Waals surface area contributed by atoms with E-state index in [-0.39, 0.29) is 18.4 Å². The number of carbonyl (C=O) groups excluding carboxylic acids is 1. The Hall–Kier alpha value is -2.38. The van der Waals surface area contributed by atoms with E-state index in [9.17, 15) is 4.79 Å². The molecule has 0 saturated carbocycles. The molecule has 2 heterocycles. The lowest BCUT2D eigenvalue weighted by Crippen LogP contribution is -2.18. The number of hydrogen-bond donors (Lipinski definition) is 2. The third kappa shape index (κ3) is 2.35. The number of carbonyl (C=O) groups is 1. The number of rotatable bonds is 3. The highest BCUT2D eigenvalue weighted by molar-refractivity contribution is 5.89. The number of aryl methyl sites for hydroxylation is 1. The van der Waals surface area contributed by atoms with E-state index in [0.717, 1.165) is 0 Å². The third-order valence-corrected chi connectivity index (χ3v) is 1.75. The Labute approximate surface area is 90.4 Å². The summed E-state index contributed by atoms with van der Waals surface area (Å²) in [5.41, 5.74) is 6.00. The molecule has 2 rings (SSSR count). The van der Waals surface area contributed by atoms with Crippen LogP contribution in [0.2, 0.25) is 0 Å². The van der Waals surface area contributed by atoms with Crippen molar-refractivity contribution in [3.05, 3.63) is 18.1 Å². The molecule has 0 bridgehead atoms. The van der Waals surface area contributed by atoms with Gasteiger partial charge in [0.1, 0.15) is 12.9 Å². The molecular formula is C8H10N6O2. The Morgan fingerprint density at radius 2 is 2.50 bits per heavy atom. The molecule has 3 N–H and O–H groups in total. The molecule has 84 valence electrons. The molecule has 8 heteroatoms. The van der Waals surface area contributed by atoms with Crippen LogP contribution in [0.4, 0.5) is 11.8 Å². The van der Waals surface area contributed by atoms with Crippen molar-refractivity contribution >= 4 is 17.7 Å². The van der Waals surface area contributed by atoms with Crippen molar-refractivity contribution in [3.8, 4) is 0 Å². The van der Waals surface area contributed by atoms with Gasteiger partial charge in [-0.05, 0) is 6.92 Å². The number of hydrogen-bond acceptors (Lipinski definition) is 6. The highest BCUT2D eigenvalue weighted by Crippen LogP contribution is 2.07. The zero-order valence-electron chi connectivity index (χ0n) is 8.54. The summed E-state index contributed by atoms with van der Waals surface area (Å²) in [5, 5.41) is 9.93. The molecule has 0 radical (unpaired) electrons. The van der Waals surface area contributed by atoms with Gasteiger partial charge in [-0.25, -0.2) is 9.67 Å². The van der Waals surface area contributed by atoms with Crippen LogP contribution in [-0.4, -0.2) is 25.8 Å². The topological polar surface area (TPSA) is 112 Å². The Morgan fingerprint density at radius 3 is 3.06 bits per heavy atom. The summed E-state index contributed by atoms with van der Waals surface area (Å²) in [4.78, 5) is 15.2. The fraction of sp³-hybridized carbons (Fsp3) is 0.250. The van der Waals surface area contributed by atoms with Gasteiger partial charge in [0.05, 0.1) is 5.69 Å². The zero-order valence-corrected chi connectivity index (χ0v) is 8.54. The van der Waals surface area contributed by atoms with Gasteiger partial charge in [-0.15, -0.1) is 5.10 Å². The molecule has 0 aliphatic carbocycles. The lowest BCUT2D eigenvalue weighted by molar-refractivity contribution is -0.117. The van der Waals surface area contributed by atoms with Gasteiger partial charge >= 0.3 is 0 Å². The van der Waals surface area contributed by atoms with Crippen LogP contribution in [-0.2, 0) is 11.3 Å². The number of nitrogens with zero attached hydrogens (tertiary/aromatic N) is 4. The van der Waals surface area contributed by atoms with Gasteiger partial charge in [-0.2, -0.15) is 0 Å². The number of nitrogen functional groups attached to an aromatic ring is 1. The first-order valence-electron chi connectivity index (χ1n) is 4.51. The van der Waals surface area contributed by atoms with Crippen molar-refractivity contribution in [2.45, 2.75) is 13.5 Å². The summed E-state index contributed by atoms with van der Waals surface area (Å²) >= 11 is 0. The fourth-order valence-corrected chi connectivity index (χ4v) is 1.13. The molecule has 0 fully saturated rings. The van der Waals surface area contributed by atoms with E-state index in [1.165, 1.54) is 11.0 Å². The molecule has 2 aromatic rings. The van der Waals surface area contributed by atoms with E-state index in [1.54, 1.807) is 13.0 Å². The van der Waals surface area contributed by atoms with Crippen molar-refractivity contribution in [1.82, 2.24) is 19.9 Å². The summed E-state index contributed by atoms with van der Waals surface area (Å²) in [6.45, 7) is 1.78. The monoisotopic (exact) mass is 222 g/mol. The minimum absolute atomic E-state index is 0.0178. The summed E-state index contributed by atoms with van der Waals surface area (Å²) in [6.07, 6.45) is 1.38. The molecule has 0 aromatic carbocycles. The van der Waals surface area contributed by atoms with Gasteiger partial charge in [0, 0.05) is 6.07 Å². The van der Waals surface area contributed by atoms with E-state index in [0.29, 0.717) is 11.6 Å². The SMILES string of the molecule is Cc1cc(NC(=O)Cn2cnc(N)n2)on1. The van der Waals surface area contributed by atoms with E-state index in [2.05, 4.69) is 20.6 Å². The number of anilines is 2. The first kappa shape index (κ1) is 10.1. The van der Waals surface area contributed by atoms with Crippen molar-refractivity contribution in [3.63, 3.8) is 0 Å². The smallest absolute Gasteiger partial charge is 0.248 e. The Morgan fingerprint density at radius 1 is 1.69 bits per heavy atom. The maximum absolute atomic E-state index is 11.5. The van der Waals surface area contributed by atoms with Crippen molar-refractivity contribution in [2.75, 3.05) is 11.1 Å². The molecule has 0 saturated heterocycles. The normalized spacial score (nSPS) is 10.3. The second-order valence-corrected chi connectivity index (χ2v) is 3.18. The molecule has 0 unspecified atom stereocenters. The number of nitrogens with two attached hydrogens (primary N) is 1. The van der Waals surface area contributed by atoms with E-state index < -0.39 is 0 Å². The average Bonchev–Trinajstić information content (AvgIpc) is 2.76. The summed E-state index contributed by atoms with van der Waals surface area (Å²) in [7, 11) is 0. The maximum Gasteiger partial charge on any atom is 0.248 e. The van der Waals surface area contributed by atoms with E-state index in [4.69, 9.17) is 10.3 Å². The van der Waals surface area contributed by atoms with Crippen LogP contribution < -0.4 is 11.1 Å². The highest BCUT2D eigenvalue weighted by atomic mass is 16.5. The van der Waals surface area contributed by atoms with Gasteiger partial charge < -0.3 is 10.3 Å². The Balaban J connectivity index is 1.94. The second-order valence-electron chi connectivity index (χ2n) is 3.18. The predicted octanol–water partition coefficient (Wildman–Crippen LogP) is -0.205. The van der Waals surface area contributed by atoms with Gasteiger partial charge in [0.15, 0.2) is 0 Å². The van der Waals surface area contributed by atoms with Crippen LogP contribution in [0.25, 0.3) is 0 Å². The van der Waals surface area contributed by atoms with Crippen LogP contribution in [0.1, 0.15) is 5.69 Å². The number of nitrogens with one attached hydrogen (secondary N) is 1. The lowest BCUT2D eigenvalue weighted by atomic mass is 10.4. The van der Waals surface area contributed by atoms with E-state index in [1.807, 2.05) is 0 Å². The predicted molar refractivity (Wildman–Crippen MR) is 54.3 cm³/mol. The first-order chi connectivity index (χ1) is 7.63. The summed E-state index contributed by atoms with van der Waals surface area (Å²) in [5.74, 6) is 0.139. The fourth-order valence-electron chi connectivity index (χ4n) is 1.13. The van der Waals surface area contributed by atoms with Gasteiger partial charge in [0.2, 0.25) is 17.7 Å². The van der Waals surface area contributed by atoms with Crippen LogP contribution in [0.15, 0.2) is 16.9 Å². The minimum Gasteiger partial charge on any atom is -0.367 e. The molecular weight excluding hydrogens is 212 g/mol. The molecule has 0 aliphatic rings. The second kappa shape index (κ2) is 4.01. The Kier molecular flexibility index (Phi) is 2.54. The molecule has 1 amide bonds. The van der Waals surface area contributed by atoms with Crippen LogP contribution in [0.5, 0.6) is 0 Å². The van der Waals surface area contributed by atoms with Gasteiger partial charge in [-0.1, -0.05) is 5.16 Å². The van der Waals surface area contributed by atoms with Crippen molar-refractivity contribution < 1.29 is 9.32 Å². The van der Waals surface area contributed by atoms with Crippen molar-refractivity contribution in [2.24, 2.45) is 0 Å². The quantitative estimate of drug-likeness (QED) is 0.743. The average molecular weight is 222 g/mol. The maximum atomic E-state index is 11.5. The van der Waals surface area contributed by atoms with Crippen LogP contribution in [0.3, 0.4) is 0 Å². The number of aromatic nitrogens is 4. The molecule has 16 heavy (non-hydrogen) atoms. The largest absolute Gasteiger partial charge is 0.367 e. The molecule has 0 atom stereocenters. The molecule has 2 aromatic heterocycles. The van der Waals surface area contributed by atoms with Gasteiger partial charge in [-0.3, -0.25) is 10.1 Å².